The van der Waals surface area contributed by atoms with Crippen LogP contribution >= 0.6 is 11.6 Å². The molecule has 1 aromatic rings. The first-order chi connectivity index (χ1) is 6.70. The Balaban J connectivity index is 1.97. The third kappa shape index (κ3) is 0.992. The monoisotopic (exact) mass is 206 g/mol. The van der Waals surface area contributed by atoms with E-state index in [1.165, 1.54) is 5.56 Å². The van der Waals surface area contributed by atoms with E-state index >= 15 is 0 Å². The van der Waals surface area contributed by atoms with E-state index < -0.39 is 0 Å². The van der Waals surface area contributed by atoms with E-state index in [4.69, 9.17) is 11.6 Å². The Hall–Kier alpha value is -0.820. The van der Waals surface area contributed by atoms with E-state index in [-0.39, 0.29) is 5.41 Å². The fourth-order valence-corrected chi connectivity index (χ4v) is 3.00. The quantitative estimate of drug-likeness (QED) is 0.691. The fourth-order valence-electron chi connectivity index (χ4n) is 2.87. The summed E-state index contributed by atoms with van der Waals surface area (Å²) in [5.74, 6) is 0.825. The Bertz CT molecular complexity index is 387. The number of benzene rings is 1. The van der Waals surface area contributed by atoms with E-state index in [1.807, 2.05) is 12.1 Å². The first-order valence-corrected chi connectivity index (χ1v) is 5.36. The number of halogens is 1. The van der Waals surface area contributed by atoms with Gasteiger partial charge in [-0.25, -0.2) is 0 Å². The second kappa shape index (κ2) is 2.60. The molecule has 0 heterocycles. The Morgan fingerprint density at radius 3 is 2.36 bits per heavy atom. The van der Waals surface area contributed by atoms with Crippen LogP contribution in [0.25, 0.3) is 0 Å². The largest absolute Gasteiger partial charge is 0.299 e. The van der Waals surface area contributed by atoms with Crippen molar-refractivity contribution in [2.24, 2.45) is 5.92 Å². The maximum atomic E-state index is 11.4. The van der Waals surface area contributed by atoms with Gasteiger partial charge in [0.2, 0.25) is 0 Å². The van der Waals surface area contributed by atoms with Crippen molar-refractivity contribution < 1.29 is 4.79 Å². The van der Waals surface area contributed by atoms with Crippen LogP contribution in [0.3, 0.4) is 0 Å². The molecule has 0 saturated heterocycles. The molecule has 1 aromatic carbocycles. The number of ketones is 1. The molecule has 3 saturated carbocycles. The molecule has 0 radical (unpaired) electrons. The van der Waals surface area contributed by atoms with Gasteiger partial charge >= 0.3 is 0 Å². The summed E-state index contributed by atoms with van der Waals surface area (Å²) in [6.07, 6.45) is 2.88. The summed E-state index contributed by atoms with van der Waals surface area (Å²) in [4.78, 5) is 11.4. The second-order valence-corrected chi connectivity index (χ2v) is 4.97. The molecule has 3 aliphatic rings. The molecule has 0 atom stereocenters. The lowest BCUT2D eigenvalue weighted by Crippen LogP contribution is -2.32. The molecule has 0 unspecified atom stereocenters. The lowest BCUT2D eigenvalue weighted by atomic mass is 9.65. The van der Waals surface area contributed by atoms with Gasteiger partial charge in [-0.3, -0.25) is 4.79 Å². The minimum Gasteiger partial charge on any atom is -0.299 e. The highest BCUT2D eigenvalue weighted by atomic mass is 35.5. The number of hydrogen-bond acceptors (Lipinski definition) is 1. The number of fused-ring (bicyclic) bond motifs is 1. The zero-order valence-electron chi connectivity index (χ0n) is 7.79. The molecule has 3 aliphatic carbocycles. The van der Waals surface area contributed by atoms with Crippen LogP contribution in [0, 0.1) is 5.92 Å². The van der Waals surface area contributed by atoms with E-state index in [2.05, 4.69) is 12.1 Å². The van der Waals surface area contributed by atoms with E-state index in [0.717, 1.165) is 24.3 Å². The highest BCUT2D eigenvalue weighted by Gasteiger charge is 2.56. The first kappa shape index (κ1) is 8.49. The van der Waals surface area contributed by atoms with Crippen LogP contribution in [0.2, 0.25) is 5.02 Å². The van der Waals surface area contributed by atoms with Gasteiger partial charge in [0.25, 0.3) is 0 Å². The molecule has 72 valence electrons. The van der Waals surface area contributed by atoms with Gasteiger partial charge in [-0.2, -0.15) is 0 Å². The first-order valence-electron chi connectivity index (χ1n) is 4.98. The summed E-state index contributed by atoms with van der Waals surface area (Å²) in [6, 6.07) is 7.97. The van der Waals surface area contributed by atoms with Crippen molar-refractivity contribution in [3.05, 3.63) is 34.9 Å². The van der Waals surface area contributed by atoms with Gasteiger partial charge in [0.15, 0.2) is 0 Å². The van der Waals surface area contributed by atoms with Crippen molar-refractivity contribution in [2.75, 3.05) is 0 Å². The van der Waals surface area contributed by atoms with Crippen molar-refractivity contribution in [3.63, 3.8) is 0 Å². The molecule has 1 nitrogen and oxygen atoms in total. The Labute approximate surface area is 88.1 Å². The van der Waals surface area contributed by atoms with E-state index in [9.17, 15) is 4.79 Å². The Kier molecular flexibility index (Phi) is 1.58. The lowest BCUT2D eigenvalue weighted by molar-refractivity contribution is -0.119. The summed E-state index contributed by atoms with van der Waals surface area (Å²) in [5.41, 5.74) is 1.48. The average molecular weight is 207 g/mol. The Morgan fingerprint density at radius 1 is 1.21 bits per heavy atom. The molecule has 0 aliphatic heterocycles. The van der Waals surface area contributed by atoms with Crippen molar-refractivity contribution >= 4 is 17.4 Å². The smallest absolute Gasteiger partial charge is 0.136 e. The molecule has 2 heteroatoms. The van der Waals surface area contributed by atoms with Crippen LogP contribution < -0.4 is 0 Å². The SMILES string of the molecule is O=C1CC2(c3ccc(Cl)cc3)CC1C2. The Morgan fingerprint density at radius 2 is 1.86 bits per heavy atom. The molecule has 0 aromatic heterocycles. The van der Waals surface area contributed by atoms with Crippen LogP contribution in [0.1, 0.15) is 24.8 Å². The number of Topliss-reactive ketones (excluding diaryl/α,β-unsaturated/α-hetero) is 1. The topological polar surface area (TPSA) is 17.1 Å². The molecule has 14 heavy (non-hydrogen) atoms. The lowest BCUT2D eigenvalue weighted by Gasteiger charge is -2.37. The third-order valence-corrected chi connectivity index (χ3v) is 3.95. The van der Waals surface area contributed by atoms with Crippen molar-refractivity contribution in [2.45, 2.75) is 24.7 Å². The summed E-state index contributed by atoms with van der Waals surface area (Å²) in [6.45, 7) is 0. The van der Waals surface area contributed by atoms with Crippen molar-refractivity contribution in [3.8, 4) is 0 Å². The van der Waals surface area contributed by atoms with Gasteiger partial charge < -0.3 is 0 Å². The minimum atomic E-state index is 0.187. The van der Waals surface area contributed by atoms with E-state index in [1.54, 1.807) is 0 Å². The van der Waals surface area contributed by atoms with Crippen LogP contribution in [0.5, 0.6) is 0 Å². The maximum absolute atomic E-state index is 11.4. The van der Waals surface area contributed by atoms with Gasteiger partial charge in [-0.1, -0.05) is 23.7 Å². The van der Waals surface area contributed by atoms with Crippen LogP contribution in [-0.2, 0) is 10.2 Å². The second-order valence-electron chi connectivity index (χ2n) is 4.54. The zero-order chi connectivity index (χ0) is 9.76. The summed E-state index contributed by atoms with van der Waals surface area (Å²) < 4.78 is 0. The predicted octanol–water partition coefficient (Wildman–Crippen LogP) is 2.96. The summed E-state index contributed by atoms with van der Waals surface area (Å²) in [7, 11) is 0. The summed E-state index contributed by atoms with van der Waals surface area (Å²) >= 11 is 5.84. The van der Waals surface area contributed by atoms with Gasteiger partial charge in [0.05, 0.1) is 0 Å². The van der Waals surface area contributed by atoms with Gasteiger partial charge in [-0.05, 0) is 30.5 Å². The van der Waals surface area contributed by atoms with Crippen LogP contribution in [-0.4, -0.2) is 5.78 Å². The third-order valence-electron chi connectivity index (χ3n) is 3.70. The zero-order valence-corrected chi connectivity index (χ0v) is 8.55. The van der Waals surface area contributed by atoms with Gasteiger partial charge in [0, 0.05) is 22.8 Å². The molecule has 2 bridgehead atoms. The number of rotatable bonds is 1. The standard InChI is InChI=1S/C12H11ClO/c13-10-3-1-9(2-4-10)12-5-8(6-12)11(14)7-12/h1-4,8H,5-7H2. The van der Waals surface area contributed by atoms with Crippen molar-refractivity contribution in [1.82, 2.24) is 0 Å². The fraction of sp³-hybridized carbons (Fsp3) is 0.417. The minimum absolute atomic E-state index is 0.187. The van der Waals surface area contributed by atoms with Crippen molar-refractivity contribution in [1.29, 1.82) is 0 Å². The number of carbonyl (C=O) groups is 1. The molecule has 0 spiro atoms. The van der Waals surface area contributed by atoms with Crippen LogP contribution in [0.4, 0.5) is 0 Å². The number of carbonyl (C=O) groups excluding carboxylic acids is 1. The highest BCUT2D eigenvalue weighted by molar-refractivity contribution is 6.30. The van der Waals surface area contributed by atoms with Gasteiger partial charge in [0.1, 0.15) is 5.78 Å². The van der Waals surface area contributed by atoms with E-state index in [0.29, 0.717) is 11.7 Å². The van der Waals surface area contributed by atoms with Crippen LogP contribution in [0.15, 0.2) is 24.3 Å². The normalized spacial score (nSPS) is 34.4. The molecule has 3 fully saturated rings. The maximum Gasteiger partial charge on any atom is 0.136 e. The number of hydrogen-bond donors (Lipinski definition) is 0. The molecule has 0 amide bonds. The average Bonchev–Trinajstić information content (AvgIpc) is 2.58. The van der Waals surface area contributed by atoms with Gasteiger partial charge in [-0.15, -0.1) is 0 Å². The molecule has 0 N–H and O–H groups in total. The molecule has 4 rings (SSSR count). The summed E-state index contributed by atoms with van der Waals surface area (Å²) in [5, 5.41) is 0.769. The molecular weight excluding hydrogens is 196 g/mol. The molecular formula is C12H11ClO. The predicted molar refractivity (Wildman–Crippen MR) is 55.5 cm³/mol. The highest BCUT2D eigenvalue weighted by Crippen LogP contribution is 2.57.